The highest BCUT2D eigenvalue weighted by atomic mass is 16.5. The highest BCUT2D eigenvalue weighted by Gasteiger charge is 2.02. The number of carbonyl (C=O) groups excluding carboxylic acids is 1. The van der Waals surface area contributed by atoms with Gasteiger partial charge in [0.1, 0.15) is 5.75 Å². The van der Waals surface area contributed by atoms with Gasteiger partial charge in [0.05, 0.1) is 7.11 Å². The van der Waals surface area contributed by atoms with Crippen LogP contribution in [0, 0.1) is 13.8 Å². The Kier molecular flexibility index (Phi) is 5.43. The topological polar surface area (TPSA) is 38.3 Å². The number of methoxy groups -OCH3 is 1. The highest BCUT2D eigenvalue weighted by Crippen LogP contribution is 2.23. The summed E-state index contributed by atoms with van der Waals surface area (Å²) in [7, 11) is 1.69. The van der Waals surface area contributed by atoms with Crippen LogP contribution in [0.2, 0.25) is 0 Å². The lowest BCUT2D eigenvalue weighted by Crippen LogP contribution is -2.20. The molecule has 1 amide bonds. The molecule has 1 aromatic rings. The van der Waals surface area contributed by atoms with Crippen molar-refractivity contribution in [3.8, 4) is 5.75 Å². The Bertz CT molecular complexity index is 450. The zero-order valence-electron chi connectivity index (χ0n) is 11.5. The molecule has 0 aliphatic heterocycles. The van der Waals surface area contributed by atoms with Crippen LogP contribution in [0.25, 0.3) is 6.08 Å². The quantitative estimate of drug-likeness (QED) is 0.812. The summed E-state index contributed by atoms with van der Waals surface area (Å²) in [5.74, 6) is 0.933. The van der Waals surface area contributed by atoms with Crippen molar-refractivity contribution < 1.29 is 9.53 Å². The SMILES string of the molecule is COc1cc(C)c(C=CCCNC(C)=O)cc1C. The minimum absolute atomic E-state index is 0.0138. The average molecular weight is 247 g/mol. The molecule has 0 heterocycles. The van der Waals surface area contributed by atoms with Crippen LogP contribution in [0.15, 0.2) is 18.2 Å². The Labute approximate surface area is 109 Å². The maximum Gasteiger partial charge on any atom is 0.216 e. The summed E-state index contributed by atoms with van der Waals surface area (Å²) in [5, 5.41) is 2.77. The fourth-order valence-corrected chi connectivity index (χ4v) is 1.75. The van der Waals surface area contributed by atoms with Crippen LogP contribution in [0.3, 0.4) is 0 Å². The molecule has 0 unspecified atom stereocenters. The van der Waals surface area contributed by atoms with E-state index in [-0.39, 0.29) is 5.91 Å². The molecule has 0 aromatic heterocycles. The van der Waals surface area contributed by atoms with Gasteiger partial charge in [-0.1, -0.05) is 12.2 Å². The lowest BCUT2D eigenvalue weighted by atomic mass is 10.0. The van der Waals surface area contributed by atoms with Crippen LogP contribution in [-0.4, -0.2) is 19.6 Å². The molecular formula is C15H21NO2. The van der Waals surface area contributed by atoms with Crippen molar-refractivity contribution in [3.05, 3.63) is 34.9 Å². The van der Waals surface area contributed by atoms with E-state index in [1.54, 1.807) is 7.11 Å². The summed E-state index contributed by atoms with van der Waals surface area (Å²) in [6.45, 7) is 6.31. The standard InChI is InChI=1S/C15H21NO2/c1-11-10-15(18-4)12(2)9-14(11)7-5-6-8-16-13(3)17/h5,7,9-10H,6,8H2,1-4H3,(H,16,17). The summed E-state index contributed by atoms with van der Waals surface area (Å²) < 4.78 is 5.28. The zero-order chi connectivity index (χ0) is 13.5. The molecule has 0 aliphatic rings. The van der Waals surface area contributed by atoms with Gasteiger partial charge in [-0.15, -0.1) is 0 Å². The van der Waals surface area contributed by atoms with E-state index in [1.807, 2.05) is 13.0 Å². The fourth-order valence-electron chi connectivity index (χ4n) is 1.75. The number of nitrogens with one attached hydrogen (secondary N) is 1. The van der Waals surface area contributed by atoms with Crippen LogP contribution in [0.1, 0.15) is 30.0 Å². The van der Waals surface area contributed by atoms with Crippen LogP contribution < -0.4 is 10.1 Å². The van der Waals surface area contributed by atoms with Gasteiger partial charge in [0.2, 0.25) is 5.91 Å². The van der Waals surface area contributed by atoms with Gasteiger partial charge in [-0.05, 0) is 49.1 Å². The third kappa shape index (κ3) is 4.24. The molecule has 0 fully saturated rings. The summed E-state index contributed by atoms with van der Waals surface area (Å²) in [6.07, 6.45) is 5.00. The van der Waals surface area contributed by atoms with Gasteiger partial charge in [0, 0.05) is 13.5 Å². The Morgan fingerprint density at radius 1 is 1.33 bits per heavy atom. The molecular weight excluding hydrogens is 226 g/mol. The first-order valence-electron chi connectivity index (χ1n) is 6.11. The van der Waals surface area contributed by atoms with E-state index < -0.39 is 0 Å². The molecule has 0 radical (unpaired) electrons. The van der Waals surface area contributed by atoms with Crippen molar-refractivity contribution in [2.24, 2.45) is 0 Å². The van der Waals surface area contributed by atoms with E-state index in [0.29, 0.717) is 6.54 Å². The number of aryl methyl sites for hydroxylation is 2. The maximum absolute atomic E-state index is 10.7. The minimum Gasteiger partial charge on any atom is -0.496 e. The average Bonchev–Trinajstić information content (AvgIpc) is 2.32. The normalized spacial score (nSPS) is 10.7. The van der Waals surface area contributed by atoms with Gasteiger partial charge in [-0.2, -0.15) is 0 Å². The van der Waals surface area contributed by atoms with E-state index in [1.165, 1.54) is 18.1 Å². The van der Waals surface area contributed by atoms with Crippen molar-refractivity contribution in [1.29, 1.82) is 0 Å². The Hall–Kier alpha value is -1.77. The maximum atomic E-state index is 10.7. The smallest absolute Gasteiger partial charge is 0.216 e. The van der Waals surface area contributed by atoms with Gasteiger partial charge in [-0.3, -0.25) is 4.79 Å². The van der Waals surface area contributed by atoms with Gasteiger partial charge in [-0.25, -0.2) is 0 Å². The molecule has 1 aromatic carbocycles. The first-order valence-corrected chi connectivity index (χ1v) is 6.11. The van der Waals surface area contributed by atoms with Crippen molar-refractivity contribution in [2.75, 3.05) is 13.7 Å². The Balaban J connectivity index is 2.64. The number of amides is 1. The van der Waals surface area contributed by atoms with E-state index >= 15 is 0 Å². The zero-order valence-corrected chi connectivity index (χ0v) is 11.5. The molecule has 3 heteroatoms. The highest BCUT2D eigenvalue weighted by molar-refractivity contribution is 5.72. The summed E-state index contributed by atoms with van der Waals surface area (Å²) in [4.78, 5) is 10.7. The predicted molar refractivity (Wildman–Crippen MR) is 74.8 cm³/mol. The minimum atomic E-state index is 0.0138. The molecule has 0 spiro atoms. The van der Waals surface area contributed by atoms with Gasteiger partial charge in [0.25, 0.3) is 0 Å². The molecule has 18 heavy (non-hydrogen) atoms. The monoisotopic (exact) mass is 247 g/mol. The van der Waals surface area contributed by atoms with Gasteiger partial charge < -0.3 is 10.1 Å². The second kappa shape index (κ2) is 6.84. The Morgan fingerprint density at radius 2 is 2.06 bits per heavy atom. The van der Waals surface area contributed by atoms with Crippen molar-refractivity contribution in [3.63, 3.8) is 0 Å². The third-order valence-corrected chi connectivity index (χ3v) is 2.77. The molecule has 0 saturated carbocycles. The van der Waals surface area contributed by atoms with Crippen LogP contribution in [0.4, 0.5) is 0 Å². The van der Waals surface area contributed by atoms with Crippen molar-refractivity contribution >= 4 is 12.0 Å². The van der Waals surface area contributed by atoms with Crippen LogP contribution in [-0.2, 0) is 4.79 Å². The molecule has 1 N–H and O–H groups in total. The number of carbonyl (C=O) groups is 1. The second-order valence-corrected chi connectivity index (χ2v) is 4.35. The lowest BCUT2D eigenvalue weighted by molar-refractivity contribution is -0.118. The van der Waals surface area contributed by atoms with Gasteiger partial charge in [0.15, 0.2) is 0 Å². The number of hydrogen-bond acceptors (Lipinski definition) is 2. The van der Waals surface area contributed by atoms with E-state index in [9.17, 15) is 4.79 Å². The molecule has 0 bridgehead atoms. The first kappa shape index (κ1) is 14.3. The number of benzene rings is 1. The lowest BCUT2D eigenvalue weighted by Gasteiger charge is -2.08. The summed E-state index contributed by atoms with van der Waals surface area (Å²) in [5.41, 5.74) is 3.51. The van der Waals surface area contributed by atoms with Crippen LogP contribution in [0.5, 0.6) is 5.75 Å². The second-order valence-electron chi connectivity index (χ2n) is 4.35. The molecule has 1 rings (SSSR count). The number of ether oxygens (including phenoxy) is 1. The number of hydrogen-bond donors (Lipinski definition) is 1. The molecule has 3 nitrogen and oxygen atoms in total. The fraction of sp³-hybridized carbons (Fsp3) is 0.400. The summed E-state index contributed by atoms with van der Waals surface area (Å²) >= 11 is 0. The molecule has 0 saturated heterocycles. The summed E-state index contributed by atoms with van der Waals surface area (Å²) in [6, 6.07) is 4.16. The van der Waals surface area contributed by atoms with Crippen molar-refractivity contribution in [2.45, 2.75) is 27.2 Å². The first-order chi connectivity index (χ1) is 8.54. The van der Waals surface area contributed by atoms with Crippen LogP contribution >= 0.6 is 0 Å². The third-order valence-electron chi connectivity index (χ3n) is 2.77. The van der Waals surface area contributed by atoms with E-state index in [2.05, 4.69) is 30.5 Å². The predicted octanol–water partition coefficient (Wildman–Crippen LogP) is 2.85. The van der Waals surface area contributed by atoms with E-state index in [0.717, 1.165) is 17.7 Å². The Morgan fingerprint density at radius 3 is 2.67 bits per heavy atom. The molecule has 0 atom stereocenters. The van der Waals surface area contributed by atoms with Crippen molar-refractivity contribution in [1.82, 2.24) is 5.32 Å². The number of rotatable bonds is 5. The van der Waals surface area contributed by atoms with E-state index in [4.69, 9.17) is 4.74 Å². The van der Waals surface area contributed by atoms with Gasteiger partial charge >= 0.3 is 0 Å². The molecule has 0 aliphatic carbocycles. The molecule has 98 valence electrons. The largest absolute Gasteiger partial charge is 0.496 e.